The number of nitrogens with zero attached hydrogens (tertiary/aromatic N) is 3. The molecule has 1 aromatic carbocycles. The Labute approximate surface area is 138 Å². The minimum atomic E-state index is 0.0420. The predicted molar refractivity (Wildman–Crippen MR) is 93.3 cm³/mol. The number of benzene rings is 1. The first kappa shape index (κ1) is 16.0. The lowest BCUT2D eigenvalue weighted by Gasteiger charge is -2.37. The molecule has 1 aromatic heterocycles. The van der Waals surface area contributed by atoms with Gasteiger partial charge in [-0.1, -0.05) is 36.4 Å². The lowest BCUT2D eigenvalue weighted by Crippen LogP contribution is -2.43. The molecular weight excluding hydrogens is 286 g/mol. The lowest BCUT2D eigenvalue weighted by atomic mass is 10.0. The number of aliphatic hydroxyl groups excluding tert-OH is 1. The molecule has 1 aliphatic rings. The Kier molecular flexibility index (Phi) is 5.26. The van der Waals surface area contributed by atoms with E-state index in [4.69, 9.17) is 0 Å². The summed E-state index contributed by atoms with van der Waals surface area (Å²) >= 11 is 0. The molecule has 3 rings (SSSR count). The Morgan fingerprint density at radius 1 is 1.13 bits per heavy atom. The Hall–Kier alpha value is -1.91. The molecule has 0 unspecified atom stereocenters. The van der Waals surface area contributed by atoms with Gasteiger partial charge in [0.1, 0.15) is 5.82 Å². The zero-order chi connectivity index (χ0) is 16.1. The lowest BCUT2D eigenvalue weighted by molar-refractivity contribution is 0.203. The fourth-order valence-corrected chi connectivity index (χ4v) is 3.35. The molecule has 0 radical (unpaired) electrons. The summed E-state index contributed by atoms with van der Waals surface area (Å²) in [5, 5.41) is 9.50. The van der Waals surface area contributed by atoms with Gasteiger partial charge < -0.3 is 10.0 Å². The first-order valence-electron chi connectivity index (χ1n) is 8.32. The second-order valence-electron chi connectivity index (χ2n) is 6.25. The summed E-state index contributed by atoms with van der Waals surface area (Å²) in [6.45, 7) is 3.28. The van der Waals surface area contributed by atoms with Crippen LogP contribution in [0.25, 0.3) is 0 Å². The Morgan fingerprint density at radius 2 is 1.87 bits per heavy atom. The maximum absolute atomic E-state index is 9.50. The summed E-state index contributed by atoms with van der Waals surface area (Å²) in [5.41, 5.74) is 2.29. The number of aliphatic hydroxyl groups is 1. The molecule has 1 N–H and O–H groups in total. The van der Waals surface area contributed by atoms with Crippen LogP contribution in [0, 0.1) is 0 Å². The van der Waals surface area contributed by atoms with Gasteiger partial charge in [0.2, 0.25) is 0 Å². The van der Waals surface area contributed by atoms with Crippen molar-refractivity contribution in [2.24, 2.45) is 0 Å². The number of hydrogen-bond acceptors (Lipinski definition) is 4. The highest BCUT2D eigenvalue weighted by atomic mass is 16.3. The molecule has 122 valence electrons. The fourth-order valence-electron chi connectivity index (χ4n) is 3.35. The van der Waals surface area contributed by atoms with Gasteiger partial charge in [0.15, 0.2) is 0 Å². The highest BCUT2D eigenvalue weighted by molar-refractivity contribution is 5.46. The average molecular weight is 311 g/mol. The zero-order valence-corrected chi connectivity index (χ0v) is 13.7. The first-order chi connectivity index (χ1) is 11.3. The van der Waals surface area contributed by atoms with E-state index < -0.39 is 0 Å². The molecule has 0 aliphatic carbocycles. The molecule has 1 aliphatic heterocycles. The first-order valence-corrected chi connectivity index (χ1v) is 8.32. The van der Waals surface area contributed by atoms with Crippen LogP contribution in [0.4, 0.5) is 5.82 Å². The average Bonchev–Trinajstić information content (AvgIpc) is 2.62. The van der Waals surface area contributed by atoms with E-state index in [1.165, 1.54) is 5.56 Å². The normalized spacial score (nSPS) is 16.4. The minimum absolute atomic E-state index is 0.0420. The molecule has 4 heteroatoms. The van der Waals surface area contributed by atoms with Crippen molar-refractivity contribution in [1.82, 2.24) is 9.88 Å². The molecule has 0 saturated carbocycles. The summed E-state index contributed by atoms with van der Waals surface area (Å²) in [6, 6.07) is 15.0. The number of hydrogen-bond donors (Lipinski definition) is 1. The van der Waals surface area contributed by atoms with Crippen LogP contribution < -0.4 is 4.90 Å². The van der Waals surface area contributed by atoms with Gasteiger partial charge in [-0.3, -0.25) is 4.90 Å². The third-order valence-electron chi connectivity index (χ3n) is 4.73. The number of likely N-dealkylation sites (tertiary alicyclic amines) is 1. The van der Waals surface area contributed by atoms with Crippen LogP contribution in [0.5, 0.6) is 0 Å². The summed E-state index contributed by atoms with van der Waals surface area (Å²) in [5.74, 6) is 0.913. The molecule has 0 bridgehead atoms. The quantitative estimate of drug-likeness (QED) is 0.921. The molecule has 2 heterocycles. The van der Waals surface area contributed by atoms with Crippen molar-refractivity contribution in [1.29, 1.82) is 0 Å². The molecule has 0 spiro atoms. The van der Waals surface area contributed by atoms with Gasteiger partial charge >= 0.3 is 0 Å². The number of rotatable bonds is 5. The number of pyridine rings is 1. The SMILES string of the molecule is CN(c1ncccc1CO)C1CCN(Cc2ccccc2)CC1. The van der Waals surface area contributed by atoms with Gasteiger partial charge in [-0.05, 0) is 24.5 Å². The second-order valence-corrected chi connectivity index (χ2v) is 6.25. The smallest absolute Gasteiger partial charge is 0.134 e. The maximum Gasteiger partial charge on any atom is 0.134 e. The molecule has 0 amide bonds. The third-order valence-corrected chi connectivity index (χ3v) is 4.73. The highest BCUT2D eigenvalue weighted by Crippen LogP contribution is 2.24. The number of piperidine rings is 1. The van der Waals surface area contributed by atoms with Crippen molar-refractivity contribution in [2.45, 2.75) is 32.0 Å². The van der Waals surface area contributed by atoms with Crippen LogP contribution in [-0.2, 0) is 13.2 Å². The largest absolute Gasteiger partial charge is 0.392 e. The van der Waals surface area contributed by atoms with Crippen molar-refractivity contribution in [3.63, 3.8) is 0 Å². The van der Waals surface area contributed by atoms with Crippen molar-refractivity contribution in [3.8, 4) is 0 Å². The zero-order valence-electron chi connectivity index (χ0n) is 13.7. The van der Waals surface area contributed by atoms with E-state index in [1.54, 1.807) is 6.20 Å². The van der Waals surface area contributed by atoms with Crippen LogP contribution in [0.1, 0.15) is 24.0 Å². The molecule has 1 saturated heterocycles. The van der Waals surface area contributed by atoms with Crippen molar-refractivity contribution in [3.05, 3.63) is 59.8 Å². The van der Waals surface area contributed by atoms with Crippen molar-refractivity contribution >= 4 is 5.82 Å². The van der Waals surface area contributed by atoms with Crippen LogP contribution in [0.3, 0.4) is 0 Å². The Bertz CT molecular complexity index is 609. The molecule has 4 nitrogen and oxygen atoms in total. The van der Waals surface area contributed by atoms with Gasteiger partial charge in [0.05, 0.1) is 6.61 Å². The van der Waals surface area contributed by atoms with Crippen LogP contribution in [0.15, 0.2) is 48.7 Å². The van der Waals surface area contributed by atoms with Gasteiger partial charge in [0.25, 0.3) is 0 Å². The van der Waals surface area contributed by atoms with E-state index in [-0.39, 0.29) is 6.61 Å². The number of aromatic nitrogens is 1. The predicted octanol–water partition coefficient (Wildman–Crippen LogP) is 2.67. The van der Waals surface area contributed by atoms with Crippen molar-refractivity contribution in [2.75, 3.05) is 25.0 Å². The van der Waals surface area contributed by atoms with E-state index in [0.29, 0.717) is 6.04 Å². The van der Waals surface area contributed by atoms with E-state index in [9.17, 15) is 5.11 Å². The standard InChI is InChI=1S/C19H25N3O/c1-21(19-17(15-23)8-5-11-20-19)18-9-12-22(13-10-18)14-16-6-3-2-4-7-16/h2-8,11,18,23H,9-10,12-15H2,1H3. The second kappa shape index (κ2) is 7.57. The maximum atomic E-state index is 9.50. The Balaban J connectivity index is 1.58. The Morgan fingerprint density at radius 3 is 2.57 bits per heavy atom. The third kappa shape index (κ3) is 3.89. The topological polar surface area (TPSA) is 39.6 Å². The van der Waals surface area contributed by atoms with Crippen LogP contribution in [0.2, 0.25) is 0 Å². The highest BCUT2D eigenvalue weighted by Gasteiger charge is 2.24. The van der Waals surface area contributed by atoms with Gasteiger partial charge in [-0.25, -0.2) is 4.98 Å². The van der Waals surface area contributed by atoms with Gasteiger partial charge in [-0.15, -0.1) is 0 Å². The molecular formula is C19H25N3O. The summed E-state index contributed by atoms with van der Waals surface area (Å²) in [7, 11) is 2.10. The van der Waals surface area contributed by atoms with E-state index in [2.05, 4.69) is 52.2 Å². The molecule has 23 heavy (non-hydrogen) atoms. The summed E-state index contributed by atoms with van der Waals surface area (Å²) < 4.78 is 0. The number of anilines is 1. The van der Waals surface area contributed by atoms with E-state index in [1.807, 2.05) is 12.1 Å². The summed E-state index contributed by atoms with van der Waals surface area (Å²) in [4.78, 5) is 9.22. The molecule has 0 atom stereocenters. The van der Waals surface area contributed by atoms with Gasteiger partial charge in [-0.2, -0.15) is 0 Å². The monoisotopic (exact) mass is 311 g/mol. The molecule has 1 fully saturated rings. The van der Waals surface area contributed by atoms with Gasteiger partial charge in [0, 0.05) is 44.5 Å². The van der Waals surface area contributed by atoms with E-state index in [0.717, 1.165) is 43.9 Å². The van der Waals surface area contributed by atoms with Crippen LogP contribution in [-0.4, -0.2) is 41.2 Å². The fraction of sp³-hybridized carbons (Fsp3) is 0.421. The van der Waals surface area contributed by atoms with Crippen molar-refractivity contribution < 1.29 is 5.11 Å². The molecule has 2 aromatic rings. The summed E-state index contributed by atoms with van der Waals surface area (Å²) in [6.07, 6.45) is 4.06. The minimum Gasteiger partial charge on any atom is -0.392 e. The van der Waals surface area contributed by atoms with Crippen LogP contribution >= 0.6 is 0 Å². The van der Waals surface area contributed by atoms with E-state index >= 15 is 0 Å².